The van der Waals surface area contributed by atoms with Crippen molar-refractivity contribution in [1.82, 2.24) is 4.90 Å². The first-order valence-corrected chi connectivity index (χ1v) is 2.73. The van der Waals surface area contributed by atoms with Gasteiger partial charge in [-0.05, 0) is 0 Å². The van der Waals surface area contributed by atoms with Crippen LogP contribution in [0.2, 0.25) is 0 Å². The summed E-state index contributed by atoms with van der Waals surface area (Å²) in [6, 6.07) is 0. The molecule has 58 valence electrons. The Labute approximate surface area is 58.4 Å². The maximum Gasteiger partial charge on any atom is 0.323 e. The lowest BCUT2D eigenvalue weighted by Crippen LogP contribution is -2.36. The fourth-order valence-corrected chi connectivity index (χ4v) is 0.447. The summed E-state index contributed by atoms with van der Waals surface area (Å²) in [5.74, 6) is -1.41. The number of carboxylic acid groups (broad SMARTS) is 1. The van der Waals surface area contributed by atoms with Gasteiger partial charge in [0.25, 0.3) is 0 Å². The first-order chi connectivity index (χ1) is 4.57. The summed E-state index contributed by atoms with van der Waals surface area (Å²) in [6.07, 6.45) is 0. The Bertz CT molecular complexity index is 146. The molecule has 3 N–H and O–H groups in total. The summed E-state index contributed by atoms with van der Waals surface area (Å²) in [7, 11) is 1.39. The predicted molar refractivity (Wildman–Crippen MR) is 34.3 cm³/mol. The lowest BCUT2D eigenvalue weighted by molar-refractivity contribution is -0.142. The second kappa shape index (κ2) is 3.84. The van der Waals surface area contributed by atoms with Crippen molar-refractivity contribution in [2.75, 3.05) is 20.1 Å². The zero-order chi connectivity index (χ0) is 8.15. The molecule has 0 fully saturated rings. The van der Waals surface area contributed by atoms with Crippen molar-refractivity contribution in [2.24, 2.45) is 5.73 Å². The summed E-state index contributed by atoms with van der Waals surface area (Å²) in [5.41, 5.74) is 4.96. The lowest BCUT2D eigenvalue weighted by Gasteiger charge is -2.11. The van der Waals surface area contributed by atoms with Gasteiger partial charge >= 0.3 is 5.97 Å². The number of carboxylic acids is 1. The zero-order valence-corrected chi connectivity index (χ0v) is 5.70. The van der Waals surface area contributed by atoms with E-state index in [1.54, 1.807) is 0 Å². The van der Waals surface area contributed by atoms with Gasteiger partial charge in [0.15, 0.2) is 0 Å². The molecule has 0 bridgehead atoms. The molecule has 0 unspecified atom stereocenters. The Balaban J connectivity index is 3.72. The zero-order valence-electron chi connectivity index (χ0n) is 5.70. The maximum atomic E-state index is 10.6. The molecule has 5 nitrogen and oxygen atoms in total. The summed E-state index contributed by atoms with van der Waals surface area (Å²) in [6.45, 7) is -0.445. The number of hydrogen-bond acceptors (Lipinski definition) is 3. The van der Waals surface area contributed by atoms with E-state index in [0.717, 1.165) is 4.90 Å². The number of aliphatic carboxylic acids is 1. The van der Waals surface area contributed by atoms with Crippen LogP contribution in [0.4, 0.5) is 0 Å². The van der Waals surface area contributed by atoms with Crippen LogP contribution in [0, 0.1) is 0 Å². The lowest BCUT2D eigenvalue weighted by atomic mass is 10.6. The highest BCUT2D eigenvalue weighted by molar-refractivity contribution is 5.82. The van der Waals surface area contributed by atoms with Crippen LogP contribution in [0.3, 0.4) is 0 Å². The van der Waals surface area contributed by atoms with Crippen molar-refractivity contribution >= 4 is 11.9 Å². The molecule has 0 radical (unpaired) electrons. The smallest absolute Gasteiger partial charge is 0.323 e. The van der Waals surface area contributed by atoms with E-state index in [4.69, 9.17) is 10.8 Å². The molecule has 0 spiro atoms. The number of nitrogens with zero attached hydrogens (tertiary/aromatic N) is 1. The fraction of sp³-hybridized carbons (Fsp3) is 0.600. The second-order valence-electron chi connectivity index (χ2n) is 1.85. The third-order valence-corrected chi connectivity index (χ3v) is 0.973. The van der Waals surface area contributed by atoms with Crippen LogP contribution < -0.4 is 5.73 Å². The van der Waals surface area contributed by atoms with E-state index in [1.807, 2.05) is 0 Å². The van der Waals surface area contributed by atoms with E-state index < -0.39 is 5.97 Å². The van der Waals surface area contributed by atoms with Gasteiger partial charge in [0.1, 0.15) is 6.54 Å². The highest BCUT2D eigenvalue weighted by Crippen LogP contribution is 1.80. The molecule has 0 atom stereocenters. The van der Waals surface area contributed by atoms with Crippen LogP contribution >= 0.6 is 0 Å². The summed E-state index contributed by atoms with van der Waals surface area (Å²) in [5, 5.41) is 8.19. The standard InChI is InChI=1S/C5H10N2O3/c1-7(3-5(9)10)4(8)2-6/h2-3,6H2,1H3,(H,9,10)/i1+1,3+1,5+1. The Morgan fingerprint density at radius 2 is 2.10 bits per heavy atom. The van der Waals surface area contributed by atoms with Gasteiger partial charge in [0, 0.05) is 7.05 Å². The second-order valence-corrected chi connectivity index (χ2v) is 1.85. The van der Waals surface area contributed by atoms with Crippen molar-refractivity contribution in [3.63, 3.8) is 0 Å². The average Bonchev–Trinajstić information content (AvgIpc) is 1.85. The number of likely N-dealkylation sites (N-methyl/N-ethyl adjacent to an activating group) is 1. The van der Waals surface area contributed by atoms with Crippen LogP contribution in [0.25, 0.3) is 0 Å². The topological polar surface area (TPSA) is 83.6 Å². The molecule has 0 aliphatic heterocycles. The number of rotatable bonds is 3. The molecule has 0 saturated heterocycles. The average molecular weight is 149 g/mol. The largest absolute Gasteiger partial charge is 0.480 e. The Morgan fingerprint density at radius 3 is 2.40 bits per heavy atom. The first kappa shape index (κ1) is 8.90. The van der Waals surface area contributed by atoms with Gasteiger partial charge in [-0.25, -0.2) is 0 Å². The van der Waals surface area contributed by atoms with Crippen molar-refractivity contribution in [2.45, 2.75) is 0 Å². The van der Waals surface area contributed by atoms with Crippen molar-refractivity contribution in [1.29, 1.82) is 0 Å². The SMILES string of the molecule is [13CH3]N([13CH2][13C](=O)O)C(=O)CN. The molecule has 0 aromatic rings. The Hall–Kier alpha value is -1.10. The van der Waals surface area contributed by atoms with E-state index in [9.17, 15) is 9.59 Å². The molecule has 0 saturated carbocycles. The van der Waals surface area contributed by atoms with E-state index in [0.29, 0.717) is 0 Å². The highest BCUT2D eigenvalue weighted by atomic mass is 16.5. The minimum Gasteiger partial charge on any atom is -0.480 e. The van der Waals surface area contributed by atoms with Gasteiger partial charge < -0.3 is 15.7 Å². The number of carbonyl (C=O) groups is 2. The minimum atomic E-state index is -1.04. The molecule has 0 rings (SSSR count). The maximum absolute atomic E-state index is 10.6. The summed E-state index contributed by atoms with van der Waals surface area (Å²) >= 11 is 0. The van der Waals surface area contributed by atoms with E-state index >= 15 is 0 Å². The van der Waals surface area contributed by atoms with Gasteiger partial charge in [0.05, 0.1) is 6.54 Å². The normalized spacial score (nSPS) is 9.00. The van der Waals surface area contributed by atoms with Crippen LogP contribution in [-0.4, -0.2) is 42.0 Å². The van der Waals surface area contributed by atoms with Crippen LogP contribution in [0.15, 0.2) is 0 Å². The number of hydrogen-bond donors (Lipinski definition) is 2. The predicted octanol–water partition coefficient (Wildman–Crippen LogP) is -1.51. The van der Waals surface area contributed by atoms with Crippen molar-refractivity contribution in [3.8, 4) is 0 Å². The van der Waals surface area contributed by atoms with E-state index in [-0.39, 0.29) is 19.0 Å². The third-order valence-electron chi connectivity index (χ3n) is 0.973. The monoisotopic (exact) mass is 149 g/mol. The first-order valence-electron chi connectivity index (χ1n) is 2.73. The highest BCUT2D eigenvalue weighted by Gasteiger charge is 2.08. The van der Waals surface area contributed by atoms with Gasteiger partial charge in [-0.2, -0.15) is 0 Å². The summed E-state index contributed by atoms with van der Waals surface area (Å²) in [4.78, 5) is 21.6. The molecule has 0 aliphatic rings. The van der Waals surface area contributed by atoms with Gasteiger partial charge in [-0.1, -0.05) is 0 Å². The third kappa shape index (κ3) is 3.03. The van der Waals surface area contributed by atoms with E-state index in [1.165, 1.54) is 7.05 Å². The molecule has 0 heterocycles. The molecule has 0 aliphatic carbocycles. The molecular weight excluding hydrogens is 139 g/mol. The molecule has 5 heteroatoms. The van der Waals surface area contributed by atoms with Crippen LogP contribution in [0.1, 0.15) is 0 Å². The fourth-order valence-electron chi connectivity index (χ4n) is 0.447. The van der Waals surface area contributed by atoms with Crippen LogP contribution in [-0.2, 0) is 9.59 Å². The molecule has 10 heavy (non-hydrogen) atoms. The molecular formula is C5H10N2O3. The molecule has 0 aromatic carbocycles. The molecule has 1 amide bonds. The van der Waals surface area contributed by atoms with Crippen LogP contribution in [0.5, 0.6) is 0 Å². The van der Waals surface area contributed by atoms with E-state index in [2.05, 4.69) is 0 Å². The quantitative estimate of drug-likeness (QED) is 0.478. The number of amides is 1. The Kier molecular flexibility index (Phi) is 3.42. The van der Waals surface area contributed by atoms with Gasteiger partial charge in [-0.15, -0.1) is 0 Å². The molecule has 0 aromatic heterocycles. The number of nitrogens with two attached hydrogens (primary N) is 1. The Morgan fingerprint density at radius 1 is 1.60 bits per heavy atom. The summed E-state index contributed by atoms with van der Waals surface area (Å²) < 4.78 is 0. The van der Waals surface area contributed by atoms with Gasteiger partial charge in [-0.3, -0.25) is 9.59 Å². The van der Waals surface area contributed by atoms with Gasteiger partial charge in [0.2, 0.25) is 5.91 Å². The number of carbonyl (C=O) groups excluding carboxylic acids is 1. The minimum absolute atomic E-state index is 0.149. The van der Waals surface area contributed by atoms with Crippen molar-refractivity contribution in [3.05, 3.63) is 0 Å². The van der Waals surface area contributed by atoms with Crippen molar-refractivity contribution < 1.29 is 14.7 Å².